The minimum atomic E-state index is -0.475. The van der Waals surface area contributed by atoms with Crippen LogP contribution >= 0.6 is 0 Å². The Morgan fingerprint density at radius 2 is 2.33 bits per heavy atom. The first-order chi connectivity index (χ1) is 4.16. The SMILES string of the molecule is CNC(C)CNC(N)=O. The Labute approximate surface area is 54.8 Å². The molecule has 0 aromatic rings. The fourth-order valence-corrected chi connectivity index (χ4v) is 0.356. The summed E-state index contributed by atoms with van der Waals surface area (Å²) in [7, 11) is 1.83. The van der Waals surface area contributed by atoms with Crippen molar-refractivity contribution in [2.24, 2.45) is 5.73 Å². The van der Waals surface area contributed by atoms with Crippen LogP contribution in [0.4, 0.5) is 4.79 Å². The zero-order valence-corrected chi connectivity index (χ0v) is 5.77. The number of likely N-dealkylation sites (N-methyl/N-ethyl adjacent to an activating group) is 1. The number of carbonyl (C=O) groups is 1. The summed E-state index contributed by atoms with van der Waals surface area (Å²) in [5.41, 5.74) is 4.82. The molecule has 0 rings (SSSR count). The molecular weight excluding hydrogens is 118 g/mol. The van der Waals surface area contributed by atoms with Crippen LogP contribution in [0.2, 0.25) is 0 Å². The van der Waals surface area contributed by atoms with Gasteiger partial charge in [0.2, 0.25) is 0 Å². The molecule has 4 N–H and O–H groups in total. The van der Waals surface area contributed by atoms with Gasteiger partial charge in [-0.3, -0.25) is 0 Å². The first-order valence-electron chi connectivity index (χ1n) is 2.87. The molecule has 0 aromatic heterocycles. The van der Waals surface area contributed by atoms with E-state index in [2.05, 4.69) is 10.6 Å². The van der Waals surface area contributed by atoms with E-state index in [-0.39, 0.29) is 6.04 Å². The Morgan fingerprint density at radius 1 is 1.78 bits per heavy atom. The molecule has 0 bridgehead atoms. The van der Waals surface area contributed by atoms with Crippen LogP contribution in [-0.4, -0.2) is 25.7 Å². The zero-order chi connectivity index (χ0) is 7.28. The van der Waals surface area contributed by atoms with Crippen LogP contribution in [-0.2, 0) is 0 Å². The highest BCUT2D eigenvalue weighted by Gasteiger charge is 1.96. The van der Waals surface area contributed by atoms with Gasteiger partial charge in [0.05, 0.1) is 0 Å². The lowest BCUT2D eigenvalue weighted by molar-refractivity contribution is 0.248. The Balaban J connectivity index is 3.16. The number of rotatable bonds is 3. The summed E-state index contributed by atoms with van der Waals surface area (Å²) < 4.78 is 0. The molecule has 0 saturated heterocycles. The highest BCUT2D eigenvalue weighted by Crippen LogP contribution is 1.72. The monoisotopic (exact) mass is 131 g/mol. The summed E-state index contributed by atoms with van der Waals surface area (Å²) >= 11 is 0. The predicted octanol–water partition coefficient (Wildman–Crippen LogP) is -0.737. The molecule has 0 heterocycles. The van der Waals surface area contributed by atoms with Crippen LogP contribution in [0.5, 0.6) is 0 Å². The Hall–Kier alpha value is -0.770. The topological polar surface area (TPSA) is 67.2 Å². The van der Waals surface area contributed by atoms with Crippen molar-refractivity contribution in [1.29, 1.82) is 0 Å². The van der Waals surface area contributed by atoms with Crippen molar-refractivity contribution in [3.05, 3.63) is 0 Å². The number of carbonyl (C=O) groups excluding carboxylic acids is 1. The van der Waals surface area contributed by atoms with Crippen LogP contribution < -0.4 is 16.4 Å². The highest BCUT2D eigenvalue weighted by molar-refractivity contribution is 5.71. The number of hydrogen-bond acceptors (Lipinski definition) is 2. The summed E-state index contributed by atoms with van der Waals surface area (Å²) in [4.78, 5) is 10.1. The van der Waals surface area contributed by atoms with E-state index in [1.807, 2.05) is 14.0 Å². The maximum atomic E-state index is 10.1. The van der Waals surface area contributed by atoms with Crippen molar-refractivity contribution in [3.63, 3.8) is 0 Å². The van der Waals surface area contributed by atoms with Gasteiger partial charge >= 0.3 is 6.03 Å². The molecule has 4 heteroatoms. The molecule has 9 heavy (non-hydrogen) atoms. The third-order valence-electron chi connectivity index (χ3n) is 1.08. The highest BCUT2D eigenvalue weighted by atomic mass is 16.2. The molecular formula is C5H13N3O. The average molecular weight is 131 g/mol. The molecule has 0 fully saturated rings. The van der Waals surface area contributed by atoms with E-state index in [0.29, 0.717) is 6.54 Å². The molecule has 0 radical (unpaired) electrons. The van der Waals surface area contributed by atoms with Crippen LogP contribution in [0, 0.1) is 0 Å². The maximum Gasteiger partial charge on any atom is 0.312 e. The van der Waals surface area contributed by atoms with Crippen LogP contribution in [0.15, 0.2) is 0 Å². The van der Waals surface area contributed by atoms with Gasteiger partial charge in [-0.05, 0) is 14.0 Å². The van der Waals surface area contributed by atoms with Gasteiger partial charge in [0.25, 0.3) is 0 Å². The van der Waals surface area contributed by atoms with Crippen molar-refractivity contribution < 1.29 is 4.79 Å². The van der Waals surface area contributed by atoms with Crippen molar-refractivity contribution in [1.82, 2.24) is 10.6 Å². The second-order valence-electron chi connectivity index (χ2n) is 1.93. The van der Waals surface area contributed by atoms with Gasteiger partial charge in [-0.25, -0.2) is 4.79 Å². The van der Waals surface area contributed by atoms with Gasteiger partial charge in [0.15, 0.2) is 0 Å². The lowest BCUT2D eigenvalue weighted by Gasteiger charge is -2.08. The normalized spacial score (nSPS) is 12.7. The summed E-state index contributed by atoms with van der Waals surface area (Å²) in [6.07, 6.45) is 0. The summed E-state index contributed by atoms with van der Waals surface area (Å²) in [5.74, 6) is 0. The van der Waals surface area contributed by atoms with Crippen LogP contribution in [0.1, 0.15) is 6.92 Å². The van der Waals surface area contributed by atoms with Gasteiger partial charge in [-0.1, -0.05) is 0 Å². The molecule has 1 atom stereocenters. The van der Waals surface area contributed by atoms with Gasteiger partial charge in [-0.2, -0.15) is 0 Å². The second kappa shape index (κ2) is 4.14. The smallest absolute Gasteiger partial charge is 0.312 e. The Kier molecular flexibility index (Phi) is 3.79. The van der Waals surface area contributed by atoms with Crippen LogP contribution in [0.3, 0.4) is 0 Å². The minimum Gasteiger partial charge on any atom is -0.352 e. The number of amides is 2. The number of urea groups is 1. The third-order valence-corrected chi connectivity index (χ3v) is 1.08. The number of primary amides is 1. The zero-order valence-electron chi connectivity index (χ0n) is 5.77. The second-order valence-corrected chi connectivity index (χ2v) is 1.93. The first kappa shape index (κ1) is 8.23. The van der Waals surface area contributed by atoms with E-state index in [1.54, 1.807) is 0 Å². The minimum absolute atomic E-state index is 0.275. The van der Waals surface area contributed by atoms with Crippen molar-refractivity contribution in [2.45, 2.75) is 13.0 Å². The fourth-order valence-electron chi connectivity index (χ4n) is 0.356. The quantitative estimate of drug-likeness (QED) is 0.472. The van der Waals surface area contributed by atoms with E-state index in [0.717, 1.165) is 0 Å². The standard InChI is InChI=1S/C5H13N3O/c1-4(7-2)3-8-5(6)9/h4,7H,3H2,1-2H3,(H3,6,8,9). The van der Waals surface area contributed by atoms with E-state index < -0.39 is 6.03 Å². The molecule has 54 valence electrons. The van der Waals surface area contributed by atoms with E-state index in [1.165, 1.54) is 0 Å². The molecule has 2 amide bonds. The van der Waals surface area contributed by atoms with Gasteiger partial charge in [-0.15, -0.1) is 0 Å². The predicted molar refractivity (Wildman–Crippen MR) is 36.1 cm³/mol. The van der Waals surface area contributed by atoms with Gasteiger partial charge in [0, 0.05) is 12.6 Å². The summed E-state index contributed by atoms with van der Waals surface area (Å²) in [5, 5.41) is 5.42. The third kappa shape index (κ3) is 5.10. The lowest BCUT2D eigenvalue weighted by atomic mass is 10.3. The number of nitrogens with one attached hydrogen (secondary N) is 2. The number of hydrogen-bond donors (Lipinski definition) is 3. The fraction of sp³-hybridized carbons (Fsp3) is 0.800. The molecule has 0 aromatic carbocycles. The van der Waals surface area contributed by atoms with Crippen molar-refractivity contribution >= 4 is 6.03 Å². The largest absolute Gasteiger partial charge is 0.352 e. The maximum absolute atomic E-state index is 10.1. The molecule has 1 unspecified atom stereocenters. The van der Waals surface area contributed by atoms with Crippen molar-refractivity contribution in [3.8, 4) is 0 Å². The van der Waals surface area contributed by atoms with Crippen molar-refractivity contribution in [2.75, 3.05) is 13.6 Å². The van der Waals surface area contributed by atoms with E-state index >= 15 is 0 Å². The Bertz CT molecular complexity index is 94.2. The Morgan fingerprint density at radius 3 is 2.67 bits per heavy atom. The van der Waals surface area contributed by atoms with Gasteiger partial charge in [0.1, 0.15) is 0 Å². The van der Waals surface area contributed by atoms with Gasteiger partial charge < -0.3 is 16.4 Å². The molecule has 0 aliphatic rings. The summed E-state index contributed by atoms with van der Waals surface area (Å²) in [6.45, 7) is 2.53. The van der Waals surface area contributed by atoms with Crippen LogP contribution in [0.25, 0.3) is 0 Å². The number of nitrogens with two attached hydrogens (primary N) is 1. The average Bonchev–Trinajstić information content (AvgIpc) is 1.83. The first-order valence-corrected chi connectivity index (χ1v) is 2.87. The molecule has 0 aliphatic heterocycles. The lowest BCUT2D eigenvalue weighted by Crippen LogP contribution is -2.39. The molecule has 0 spiro atoms. The van der Waals surface area contributed by atoms with E-state index in [4.69, 9.17) is 5.73 Å². The van der Waals surface area contributed by atoms with E-state index in [9.17, 15) is 4.79 Å². The molecule has 0 aliphatic carbocycles. The summed E-state index contributed by atoms with van der Waals surface area (Å²) in [6, 6.07) is -0.199. The molecule has 4 nitrogen and oxygen atoms in total. The molecule has 0 saturated carbocycles.